The Morgan fingerprint density at radius 1 is 0.824 bits per heavy atom. The van der Waals surface area contributed by atoms with Crippen molar-refractivity contribution in [2.24, 2.45) is 0 Å². The van der Waals surface area contributed by atoms with Gasteiger partial charge in [0.15, 0.2) is 5.58 Å². The Morgan fingerprint density at radius 3 is 2.06 bits per heavy atom. The van der Waals surface area contributed by atoms with Gasteiger partial charge in [-0.2, -0.15) is 0 Å². The summed E-state index contributed by atoms with van der Waals surface area (Å²) in [6.45, 7) is 0. The molecule has 5 aromatic rings. The van der Waals surface area contributed by atoms with Crippen LogP contribution in [0.1, 0.15) is 0 Å². The number of nitrogens with zero attached hydrogens (tertiary/aromatic N) is 1. The minimum absolute atomic E-state index is 0.455. The van der Waals surface area contributed by atoms with Crippen molar-refractivity contribution in [3.63, 3.8) is 0 Å². The van der Waals surface area contributed by atoms with Crippen LogP contribution in [0.4, 0.5) is 5.69 Å². The highest BCUT2D eigenvalue weighted by atomic mass is 79.9. The second-order valence-electron chi connectivity index (χ2n) is 7.39. The predicted octanol–water partition coefficient (Wildman–Crippen LogP) is 6.68. The summed E-state index contributed by atoms with van der Waals surface area (Å²) in [5.74, 6) is 1.08. The molecule has 5 rings (SSSR count). The van der Waals surface area contributed by atoms with Crippen molar-refractivity contribution in [3.05, 3.63) is 108 Å². The van der Waals surface area contributed by atoms with Gasteiger partial charge in [-0.1, -0.05) is 52.3 Å². The Labute approximate surface area is 204 Å². The Hall–Kier alpha value is -4.10. The van der Waals surface area contributed by atoms with Gasteiger partial charge in [0.2, 0.25) is 5.89 Å². The quantitative estimate of drug-likeness (QED) is 0.245. The molecular formula is C27H19BrN2O4. The number of ether oxygens (including phenoxy) is 2. The van der Waals surface area contributed by atoms with E-state index in [1.54, 1.807) is 42.5 Å². The summed E-state index contributed by atoms with van der Waals surface area (Å²) in [6.07, 6.45) is -1.20. The fraction of sp³-hybridized carbons (Fsp3) is 0.0370. The van der Waals surface area contributed by atoms with Gasteiger partial charge in [0.25, 0.3) is 0 Å². The summed E-state index contributed by atoms with van der Waals surface area (Å²) in [4.78, 5) is 17.7. The molecule has 0 spiro atoms. The molecule has 0 aliphatic carbocycles. The number of carbonyl (C=O) groups is 1. The molecule has 6 nitrogen and oxygen atoms in total. The maximum Gasteiger partial charge on any atom is 0.321 e. The van der Waals surface area contributed by atoms with Crippen LogP contribution in [0.2, 0.25) is 0 Å². The van der Waals surface area contributed by atoms with E-state index >= 15 is 0 Å². The van der Waals surface area contributed by atoms with Crippen molar-refractivity contribution in [1.82, 2.24) is 4.98 Å². The zero-order valence-corrected chi connectivity index (χ0v) is 19.4. The lowest BCUT2D eigenvalue weighted by Crippen LogP contribution is -2.38. The summed E-state index contributed by atoms with van der Waals surface area (Å²) < 4.78 is 18.5. The van der Waals surface area contributed by atoms with E-state index < -0.39 is 12.2 Å². The van der Waals surface area contributed by atoms with Crippen molar-refractivity contribution in [3.8, 4) is 23.0 Å². The number of aromatic nitrogens is 1. The van der Waals surface area contributed by atoms with Crippen LogP contribution < -0.4 is 14.8 Å². The molecule has 0 saturated carbocycles. The van der Waals surface area contributed by atoms with Crippen molar-refractivity contribution in [1.29, 1.82) is 0 Å². The average Bonchev–Trinajstić information content (AvgIpc) is 3.29. The number of oxazole rings is 1. The lowest BCUT2D eigenvalue weighted by molar-refractivity contribution is -0.134. The van der Waals surface area contributed by atoms with E-state index in [4.69, 9.17) is 13.9 Å². The van der Waals surface area contributed by atoms with Crippen molar-refractivity contribution < 1.29 is 18.7 Å². The van der Waals surface area contributed by atoms with Gasteiger partial charge in [0.1, 0.15) is 17.0 Å². The number of anilines is 1. The molecule has 0 aliphatic heterocycles. The molecule has 1 heterocycles. The van der Waals surface area contributed by atoms with Crippen molar-refractivity contribution in [2.75, 3.05) is 5.32 Å². The highest BCUT2D eigenvalue weighted by molar-refractivity contribution is 9.10. The minimum Gasteiger partial charge on any atom is -0.446 e. The molecule has 0 unspecified atom stereocenters. The highest BCUT2D eigenvalue weighted by Crippen LogP contribution is 2.27. The van der Waals surface area contributed by atoms with Crippen LogP contribution in [0.25, 0.3) is 22.6 Å². The van der Waals surface area contributed by atoms with Gasteiger partial charge in [-0.15, -0.1) is 0 Å². The van der Waals surface area contributed by atoms with E-state index in [2.05, 4.69) is 26.2 Å². The predicted molar refractivity (Wildman–Crippen MR) is 134 cm³/mol. The maximum atomic E-state index is 13.1. The smallest absolute Gasteiger partial charge is 0.321 e. The number of benzene rings is 4. The SMILES string of the molecule is O=C(Nc1ccc2oc(-c3ccc(Br)cc3)nc2c1)C(Oc1ccccc1)Oc1ccccc1. The number of para-hydroxylation sites is 2. The maximum absolute atomic E-state index is 13.1. The van der Waals surface area contributed by atoms with Gasteiger partial charge in [-0.3, -0.25) is 4.79 Å². The van der Waals surface area contributed by atoms with Crippen molar-refractivity contribution >= 4 is 38.6 Å². The summed E-state index contributed by atoms with van der Waals surface area (Å²) in [6, 6.07) is 31.1. The highest BCUT2D eigenvalue weighted by Gasteiger charge is 2.23. The van der Waals surface area contributed by atoms with E-state index in [9.17, 15) is 4.79 Å². The van der Waals surface area contributed by atoms with Crippen LogP contribution in [-0.2, 0) is 4.79 Å². The fourth-order valence-corrected chi connectivity index (χ4v) is 3.56. The number of amides is 1. The monoisotopic (exact) mass is 514 g/mol. The fourth-order valence-electron chi connectivity index (χ4n) is 3.30. The number of hydrogen-bond donors (Lipinski definition) is 1. The molecule has 0 fully saturated rings. The molecule has 4 aromatic carbocycles. The van der Waals surface area contributed by atoms with E-state index in [0.717, 1.165) is 10.0 Å². The zero-order valence-electron chi connectivity index (χ0n) is 17.9. The first kappa shape index (κ1) is 21.7. The third-order valence-electron chi connectivity index (χ3n) is 4.93. The van der Waals surface area contributed by atoms with Crippen LogP contribution in [0.5, 0.6) is 11.5 Å². The lowest BCUT2D eigenvalue weighted by Gasteiger charge is -2.20. The zero-order chi connectivity index (χ0) is 23.3. The second kappa shape index (κ2) is 9.80. The number of halogens is 1. The Kier molecular flexibility index (Phi) is 6.27. The van der Waals surface area contributed by atoms with Gasteiger partial charge in [-0.05, 0) is 66.7 Å². The van der Waals surface area contributed by atoms with Gasteiger partial charge < -0.3 is 19.2 Å². The Morgan fingerprint density at radius 2 is 1.44 bits per heavy atom. The first-order valence-corrected chi connectivity index (χ1v) is 11.3. The van der Waals surface area contributed by atoms with E-state index in [0.29, 0.717) is 34.2 Å². The number of rotatable bonds is 7. The molecule has 0 saturated heterocycles. The second-order valence-corrected chi connectivity index (χ2v) is 8.31. The lowest BCUT2D eigenvalue weighted by atomic mass is 10.2. The third kappa shape index (κ3) is 5.10. The number of carbonyl (C=O) groups excluding carboxylic acids is 1. The molecule has 0 radical (unpaired) electrons. The number of fused-ring (bicyclic) bond motifs is 1. The topological polar surface area (TPSA) is 73.6 Å². The molecule has 1 N–H and O–H groups in total. The molecule has 1 amide bonds. The van der Waals surface area contributed by atoms with Gasteiger partial charge in [0, 0.05) is 15.7 Å². The molecule has 0 bridgehead atoms. The molecule has 0 atom stereocenters. The third-order valence-corrected chi connectivity index (χ3v) is 5.46. The summed E-state index contributed by atoms with van der Waals surface area (Å²) in [5, 5.41) is 2.85. The van der Waals surface area contributed by atoms with Gasteiger partial charge in [-0.25, -0.2) is 4.98 Å². The van der Waals surface area contributed by atoms with Gasteiger partial charge >= 0.3 is 12.2 Å². The molecule has 34 heavy (non-hydrogen) atoms. The van der Waals surface area contributed by atoms with E-state index in [1.807, 2.05) is 60.7 Å². The average molecular weight is 515 g/mol. The molecule has 1 aromatic heterocycles. The molecule has 0 aliphatic rings. The largest absolute Gasteiger partial charge is 0.446 e. The first-order valence-electron chi connectivity index (χ1n) is 10.5. The first-order chi connectivity index (χ1) is 16.6. The standard InChI is InChI=1S/C27H19BrN2O4/c28-19-13-11-18(12-14-19)26-30-23-17-20(15-16-24(23)34-26)29-25(31)27(32-21-7-3-1-4-8-21)33-22-9-5-2-6-10-22/h1-17,27H,(H,29,31). The number of hydrogen-bond acceptors (Lipinski definition) is 5. The Bertz CT molecular complexity index is 1360. The van der Waals surface area contributed by atoms with E-state index in [-0.39, 0.29) is 0 Å². The van der Waals surface area contributed by atoms with E-state index in [1.165, 1.54) is 0 Å². The van der Waals surface area contributed by atoms with Crippen LogP contribution in [-0.4, -0.2) is 17.2 Å². The molecule has 7 heteroatoms. The molecule has 168 valence electrons. The summed E-state index contributed by atoms with van der Waals surface area (Å²) in [5.41, 5.74) is 2.65. The molecular weight excluding hydrogens is 496 g/mol. The minimum atomic E-state index is -1.20. The normalized spacial score (nSPS) is 10.9. The van der Waals surface area contributed by atoms with Crippen LogP contribution in [0.3, 0.4) is 0 Å². The van der Waals surface area contributed by atoms with Crippen LogP contribution in [0, 0.1) is 0 Å². The number of nitrogens with one attached hydrogen (secondary N) is 1. The van der Waals surface area contributed by atoms with Gasteiger partial charge in [0.05, 0.1) is 0 Å². The van der Waals surface area contributed by atoms with Crippen LogP contribution >= 0.6 is 15.9 Å². The van der Waals surface area contributed by atoms with Crippen LogP contribution in [0.15, 0.2) is 112 Å². The summed E-state index contributed by atoms with van der Waals surface area (Å²) >= 11 is 3.43. The summed E-state index contributed by atoms with van der Waals surface area (Å²) in [7, 11) is 0. The van der Waals surface area contributed by atoms with Crippen molar-refractivity contribution in [2.45, 2.75) is 6.29 Å². The Balaban J connectivity index is 1.37.